The van der Waals surface area contributed by atoms with Crippen molar-refractivity contribution in [2.24, 2.45) is 0 Å². The first-order valence-electron chi connectivity index (χ1n) is 6.90. The lowest BCUT2D eigenvalue weighted by molar-refractivity contribution is -0.141. The lowest BCUT2D eigenvalue weighted by atomic mass is 10.3. The SMILES string of the molecule is Cc1cc(C(F)(F)F)nc(N(C)C(=O)NS(=O)(=O)c2ccccc2F)n1. The quantitative estimate of drug-likeness (QED) is 0.811. The van der Waals surface area contributed by atoms with Gasteiger partial charge in [-0.1, -0.05) is 12.1 Å². The molecular weight excluding hydrogens is 380 g/mol. The largest absolute Gasteiger partial charge is 0.433 e. The minimum Gasteiger partial charge on any atom is -0.265 e. The summed E-state index contributed by atoms with van der Waals surface area (Å²) in [6.07, 6.45) is -4.78. The monoisotopic (exact) mass is 392 g/mol. The number of nitrogens with one attached hydrogen (secondary N) is 1. The Labute approximate surface area is 145 Å². The number of halogens is 4. The van der Waals surface area contributed by atoms with Crippen molar-refractivity contribution in [2.45, 2.75) is 18.0 Å². The van der Waals surface area contributed by atoms with E-state index >= 15 is 0 Å². The van der Waals surface area contributed by atoms with E-state index < -0.39 is 44.6 Å². The molecule has 1 heterocycles. The van der Waals surface area contributed by atoms with Gasteiger partial charge in [0.15, 0.2) is 0 Å². The maximum Gasteiger partial charge on any atom is 0.433 e. The van der Waals surface area contributed by atoms with Crippen LogP contribution in [0.4, 0.5) is 28.3 Å². The van der Waals surface area contributed by atoms with E-state index in [9.17, 15) is 30.8 Å². The summed E-state index contributed by atoms with van der Waals surface area (Å²) < 4.78 is 77.7. The van der Waals surface area contributed by atoms with Gasteiger partial charge < -0.3 is 0 Å². The van der Waals surface area contributed by atoms with Crippen molar-refractivity contribution < 1.29 is 30.8 Å². The first kappa shape index (κ1) is 19.6. The van der Waals surface area contributed by atoms with Crippen molar-refractivity contribution in [3.8, 4) is 0 Å². The van der Waals surface area contributed by atoms with E-state index in [1.54, 1.807) is 4.72 Å². The third-order valence-corrected chi connectivity index (χ3v) is 4.44. The Morgan fingerprint density at radius 3 is 2.38 bits per heavy atom. The highest BCUT2D eigenvalue weighted by atomic mass is 32.2. The minimum absolute atomic E-state index is 0.0843. The maximum absolute atomic E-state index is 13.6. The van der Waals surface area contributed by atoms with Gasteiger partial charge in [0.2, 0.25) is 5.95 Å². The van der Waals surface area contributed by atoms with E-state index in [-0.39, 0.29) is 5.69 Å². The van der Waals surface area contributed by atoms with Crippen LogP contribution in [0.3, 0.4) is 0 Å². The predicted octanol–water partition coefficient (Wildman–Crippen LogP) is 2.48. The molecule has 2 amide bonds. The van der Waals surface area contributed by atoms with Crippen LogP contribution in [0.25, 0.3) is 0 Å². The summed E-state index contributed by atoms with van der Waals surface area (Å²) >= 11 is 0. The summed E-state index contributed by atoms with van der Waals surface area (Å²) in [4.78, 5) is 18.6. The van der Waals surface area contributed by atoms with Gasteiger partial charge in [-0.05, 0) is 25.1 Å². The van der Waals surface area contributed by atoms with Crippen LogP contribution < -0.4 is 9.62 Å². The number of sulfonamides is 1. The fraction of sp³-hybridized carbons (Fsp3) is 0.214. The van der Waals surface area contributed by atoms with Gasteiger partial charge in [0.05, 0.1) is 0 Å². The number of carbonyl (C=O) groups is 1. The van der Waals surface area contributed by atoms with E-state index in [0.717, 1.165) is 19.2 Å². The molecule has 140 valence electrons. The van der Waals surface area contributed by atoms with Crippen LogP contribution in [-0.4, -0.2) is 31.5 Å². The van der Waals surface area contributed by atoms with Crippen LogP contribution >= 0.6 is 0 Å². The van der Waals surface area contributed by atoms with E-state index in [1.807, 2.05) is 0 Å². The van der Waals surface area contributed by atoms with Crippen molar-refractivity contribution in [3.05, 3.63) is 47.5 Å². The first-order valence-corrected chi connectivity index (χ1v) is 8.38. The normalized spacial score (nSPS) is 11.9. The predicted molar refractivity (Wildman–Crippen MR) is 82.3 cm³/mol. The van der Waals surface area contributed by atoms with Crippen LogP contribution in [0.15, 0.2) is 35.2 Å². The third kappa shape index (κ3) is 4.25. The number of rotatable bonds is 3. The number of amides is 2. The number of nitrogens with zero attached hydrogens (tertiary/aromatic N) is 3. The Hall–Kier alpha value is -2.76. The average Bonchev–Trinajstić information content (AvgIpc) is 2.52. The standard InChI is InChI=1S/C14H12F4N4O3S/c1-8-7-11(14(16,17)18)20-12(19-8)22(2)13(23)21-26(24,25)10-6-4-3-5-9(10)15/h3-7H,1-2H3,(H,21,23). The van der Waals surface area contributed by atoms with Gasteiger partial charge in [-0.15, -0.1) is 0 Å². The van der Waals surface area contributed by atoms with Gasteiger partial charge in [-0.2, -0.15) is 13.2 Å². The summed E-state index contributed by atoms with van der Waals surface area (Å²) in [7, 11) is -3.61. The fourth-order valence-corrected chi connectivity index (χ4v) is 2.90. The molecule has 12 heteroatoms. The zero-order valence-corrected chi connectivity index (χ0v) is 14.2. The molecule has 7 nitrogen and oxygen atoms in total. The lowest BCUT2D eigenvalue weighted by Gasteiger charge is -2.18. The van der Waals surface area contributed by atoms with E-state index in [0.29, 0.717) is 11.0 Å². The van der Waals surface area contributed by atoms with Gasteiger partial charge >= 0.3 is 12.2 Å². The van der Waals surface area contributed by atoms with Crippen molar-refractivity contribution >= 4 is 22.0 Å². The van der Waals surface area contributed by atoms with Gasteiger partial charge in [0, 0.05) is 12.7 Å². The van der Waals surface area contributed by atoms with Gasteiger partial charge in [0.1, 0.15) is 16.4 Å². The molecule has 0 spiro atoms. The molecule has 0 radical (unpaired) electrons. The van der Waals surface area contributed by atoms with Gasteiger partial charge in [0.25, 0.3) is 10.0 Å². The van der Waals surface area contributed by atoms with Crippen molar-refractivity contribution in [2.75, 3.05) is 11.9 Å². The number of carbonyl (C=O) groups excluding carboxylic acids is 1. The van der Waals surface area contributed by atoms with Crippen LogP contribution in [0.2, 0.25) is 0 Å². The summed E-state index contributed by atoms with van der Waals surface area (Å²) in [6.45, 7) is 1.25. The van der Waals surface area contributed by atoms with Crippen molar-refractivity contribution in [1.82, 2.24) is 14.7 Å². The second kappa shape index (κ2) is 6.86. The Bertz CT molecular complexity index is 947. The van der Waals surface area contributed by atoms with E-state index in [2.05, 4.69) is 9.97 Å². The molecule has 0 aliphatic rings. The lowest BCUT2D eigenvalue weighted by Crippen LogP contribution is -2.42. The molecule has 2 rings (SSSR count). The second-order valence-corrected chi connectivity index (χ2v) is 6.74. The smallest absolute Gasteiger partial charge is 0.265 e. The Balaban J connectivity index is 2.31. The number of aromatic nitrogens is 2. The number of urea groups is 1. The Morgan fingerprint density at radius 2 is 1.81 bits per heavy atom. The molecule has 1 aromatic heterocycles. The molecule has 0 saturated carbocycles. The molecule has 0 saturated heterocycles. The highest BCUT2D eigenvalue weighted by Gasteiger charge is 2.34. The van der Waals surface area contributed by atoms with E-state index in [4.69, 9.17) is 0 Å². The molecule has 0 fully saturated rings. The number of aryl methyl sites for hydroxylation is 1. The van der Waals surface area contributed by atoms with Crippen molar-refractivity contribution in [3.63, 3.8) is 0 Å². The molecule has 0 unspecified atom stereocenters. The molecule has 26 heavy (non-hydrogen) atoms. The molecule has 0 aliphatic heterocycles. The molecule has 1 aromatic carbocycles. The molecule has 0 aliphatic carbocycles. The maximum atomic E-state index is 13.6. The number of hydrogen-bond acceptors (Lipinski definition) is 5. The molecule has 2 aromatic rings. The highest BCUT2D eigenvalue weighted by molar-refractivity contribution is 7.90. The Morgan fingerprint density at radius 1 is 1.19 bits per heavy atom. The summed E-state index contributed by atoms with van der Waals surface area (Å²) in [5, 5.41) is 0. The van der Waals surface area contributed by atoms with Crippen LogP contribution in [-0.2, 0) is 16.2 Å². The highest BCUT2D eigenvalue weighted by Crippen LogP contribution is 2.29. The molecule has 0 bridgehead atoms. The average molecular weight is 392 g/mol. The molecule has 1 N–H and O–H groups in total. The Kier molecular flexibility index (Phi) is 5.16. The van der Waals surface area contributed by atoms with Gasteiger partial charge in [-0.3, -0.25) is 4.90 Å². The number of hydrogen-bond donors (Lipinski definition) is 1. The summed E-state index contributed by atoms with van der Waals surface area (Å²) in [5.74, 6) is -1.76. The summed E-state index contributed by atoms with van der Waals surface area (Å²) in [6, 6.07) is 3.61. The van der Waals surface area contributed by atoms with Crippen LogP contribution in [0, 0.1) is 12.7 Å². The van der Waals surface area contributed by atoms with E-state index in [1.165, 1.54) is 19.1 Å². The fourth-order valence-electron chi connectivity index (χ4n) is 1.84. The van der Waals surface area contributed by atoms with Crippen molar-refractivity contribution in [1.29, 1.82) is 0 Å². The zero-order chi connectivity index (χ0) is 19.7. The number of alkyl halides is 3. The third-order valence-electron chi connectivity index (χ3n) is 3.09. The second-order valence-electron chi connectivity index (χ2n) is 5.09. The number of benzene rings is 1. The molecular formula is C14H12F4N4O3S. The minimum atomic E-state index is -4.78. The topological polar surface area (TPSA) is 92.3 Å². The summed E-state index contributed by atoms with van der Waals surface area (Å²) in [5.41, 5.74) is -1.38. The molecule has 0 atom stereocenters. The van der Waals surface area contributed by atoms with Crippen LogP contribution in [0.5, 0.6) is 0 Å². The first-order chi connectivity index (χ1) is 11.9. The zero-order valence-electron chi connectivity index (χ0n) is 13.4. The number of anilines is 1. The van der Waals surface area contributed by atoms with Crippen LogP contribution in [0.1, 0.15) is 11.4 Å². The van der Waals surface area contributed by atoms with Gasteiger partial charge in [-0.25, -0.2) is 32.3 Å².